The fraction of sp³-hybridized carbons (Fsp3) is 0.235. The fourth-order valence-electron chi connectivity index (χ4n) is 3.07. The van der Waals surface area contributed by atoms with Crippen LogP contribution < -0.4 is 5.32 Å². The zero-order valence-corrected chi connectivity index (χ0v) is 13.7. The van der Waals surface area contributed by atoms with Crippen molar-refractivity contribution < 1.29 is 4.79 Å². The van der Waals surface area contributed by atoms with E-state index in [9.17, 15) is 4.79 Å². The van der Waals surface area contributed by atoms with Crippen LogP contribution in [0.1, 0.15) is 22.1 Å². The topological polar surface area (TPSA) is 59.8 Å². The number of hydrogen-bond acceptors (Lipinski definition) is 4. The minimum Gasteiger partial charge on any atom is -0.310 e. The SMILES string of the molecule is Cc1nn(C)c2c1C(c1ccc3ncccc3c1)SCC(=O)N2. The molecule has 2 aromatic heterocycles. The molecule has 0 spiro atoms. The van der Waals surface area contributed by atoms with Crippen molar-refractivity contribution in [2.45, 2.75) is 12.2 Å². The summed E-state index contributed by atoms with van der Waals surface area (Å²) in [6.45, 7) is 1.99. The molecule has 6 heteroatoms. The van der Waals surface area contributed by atoms with Crippen LogP contribution in [0.15, 0.2) is 36.5 Å². The first kappa shape index (κ1) is 14.3. The molecule has 4 rings (SSSR count). The summed E-state index contributed by atoms with van der Waals surface area (Å²) in [6.07, 6.45) is 1.80. The molecule has 1 aromatic carbocycles. The summed E-state index contributed by atoms with van der Waals surface area (Å²) in [5, 5.41) is 8.65. The van der Waals surface area contributed by atoms with E-state index in [1.165, 1.54) is 5.56 Å². The third-order valence-electron chi connectivity index (χ3n) is 4.10. The van der Waals surface area contributed by atoms with Crippen LogP contribution in [-0.4, -0.2) is 26.4 Å². The first-order valence-electron chi connectivity index (χ1n) is 7.43. The maximum absolute atomic E-state index is 12.0. The second-order valence-corrected chi connectivity index (χ2v) is 6.76. The third kappa shape index (κ3) is 2.39. The van der Waals surface area contributed by atoms with Gasteiger partial charge in [-0.25, -0.2) is 0 Å². The molecule has 1 aliphatic heterocycles. The molecule has 3 heterocycles. The Morgan fingerprint density at radius 3 is 3.09 bits per heavy atom. The Hall–Kier alpha value is -2.34. The van der Waals surface area contributed by atoms with Crippen molar-refractivity contribution in [3.63, 3.8) is 0 Å². The molecule has 116 valence electrons. The quantitative estimate of drug-likeness (QED) is 0.747. The van der Waals surface area contributed by atoms with Crippen LogP contribution in [0.5, 0.6) is 0 Å². The first-order valence-corrected chi connectivity index (χ1v) is 8.48. The van der Waals surface area contributed by atoms with Gasteiger partial charge in [-0.2, -0.15) is 5.10 Å². The van der Waals surface area contributed by atoms with Gasteiger partial charge < -0.3 is 5.32 Å². The Morgan fingerprint density at radius 1 is 1.35 bits per heavy atom. The van der Waals surface area contributed by atoms with Gasteiger partial charge in [0, 0.05) is 24.2 Å². The van der Waals surface area contributed by atoms with Crippen LogP contribution >= 0.6 is 11.8 Å². The highest BCUT2D eigenvalue weighted by Gasteiger charge is 2.29. The summed E-state index contributed by atoms with van der Waals surface area (Å²) in [5.41, 5.74) is 4.19. The second kappa shape index (κ2) is 5.38. The summed E-state index contributed by atoms with van der Waals surface area (Å²) in [6, 6.07) is 10.3. The lowest BCUT2D eigenvalue weighted by atomic mass is 10.0. The van der Waals surface area contributed by atoms with E-state index in [0.717, 1.165) is 28.0 Å². The van der Waals surface area contributed by atoms with E-state index in [-0.39, 0.29) is 11.2 Å². The number of amides is 1. The van der Waals surface area contributed by atoms with E-state index in [2.05, 4.69) is 33.6 Å². The van der Waals surface area contributed by atoms with Gasteiger partial charge in [-0.3, -0.25) is 14.5 Å². The van der Waals surface area contributed by atoms with E-state index in [4.69, 9.17) is 0 Å². The molecule has 5 nitrogen and oxygen atoms in total. The summed E-state index contributed by atoms with van der Waals surface area (Å²) < 4.78 is 1.75. The van der Waals surface area contributed by atoms with Gasteiger partial charge in [-0.05, 0) is 30.7 Å². The number of hydrogen-bond donors (Lipinski definition) is 1. The Morgan fingerprint density at radius 2 is 2.22 bits per heavy atom. The van der Waals surface area contributed by atoms with Crippen molar-refractivity contribution in [1.82, 2.24) is 14.8 Å². The Balaban J connectivity index is 1.88. The normalized spacial score (nSPS) is 17.7. The highest BCUT2D eigenvalue weighted by molar-refractivity contribution is 8.00. The van der Waals surface area contributed by atoms with Crippen LogP contribution in [0, 0.1) is 6.92 Å². The van der Waals surface area contributed by atoms with E-state index in [0.29, 0.717) is 5.75 Å². The summed E-state index contributed by atoms with van der Waals surface area (Å²) in [7, 11) is 1.86. The van der Waals surface area contributed by atoms with Gasteiger partial charge in [0.15, 0.2) is 0 Å². The highest BCUT2D eigenvalue weighted by Crippen LogP contribution is 2.43. The van der Waals surface area contributed by atoms with Gasteiger partial charge in [-0.1, -0.05) is 12.1 Å². The number of fused-ring (bicyclic) bond motifs is 2. The maximum atomic E-state index is 12.0. The Labute approximate surface area is 138 Å². The number of thioether (sulfide) groups is 1. The molecule has 1 unspecified atom stereocenters. The number of carbonyl (C=O) groups is 1. The van der Waals surface area contributed by atoms with Crippen LogP contribution in [0.4, 0.5) is 5.82 Å². The predicted octanol–water partition coefficient (Wildman–Crippen LogP) is 3.05. The maximum Gasteiger partial charge on any atom is 0.235 e. The predicted molar refractivity (Wildman–Crippen MR) is 92.6 cm³/mol. The van der Waals surface area contributed by atoms with Crippen molar-refractivity contribution in [2.75, 3.05) is 11.1 Å². The van der Waals surface area contributed by atoms with E-state index in [1.807, 2.05) is 26.1 Å². The summed E-state index contributed by atoms with van der Waals surface area (Å²) >= 11 is 1.64. The van der Waals surface area contributed by atoms with Gasteiger partial charge in [0.1, 0.15) is 5.82 Å². The number of nitrogens with one attached hydrogen (secondary N) is 1. The molecule has 1 atom stereocenters. The Bertz CT molecular complexity index is 918. The van der Waals surface area contributed by atoms with E-state index >= 15 is 0 Å². The number of benzene rings is 1. The zero-order valence-electron chi connectivity index (χ0n) is 12.9. The van der Waals surface area contributed by atoms with Gasteiger partial charge in [-0.15, -0.1) is 11.8 Å². The van der Waals surface area contributed by atoms with E-state index < -0.39 is 0 Å². The zero-order chi connectivity index (χ0) is 16.0. The molecular formula is C17H16N4OS. The van der Waals surface area contributed by atoms with Crippen molar-refractivity contribution in [3.8, 4) is 0 Å². The Kier molecular flexibility index (Phi) is 3.34. The lowest BCUT2D eigenvalue weighted by Crippen LogP contribution is -2.15. The van der Waals surface area contributed by atoms with Crippen LogP contribution in [0.25, 0.3) is 10.9 Å². The number of pyridine rings is 1. The first-order chi connectivity index (χ1) is 11.1. The summed E-state index contributed by atoms with van der Waals surface area (Å²) in [5.74, 6) is 1.25. The molecule has 1 aliphatic rings. The number of anilines is 1. The molecule has 0 aliphatic carbocycles. The molecule has 23 heavy (non-hydrogen) atoms. The van der Waals surface area contributed by atoms with Gasteiger partial charge in [0.05, 0.1) is 22.2 Å². The fourth-order valence-corrected chi connectivity index (χ4v) is 4.25. The molecule has 1 amide bonds. The van der Waals surface area contributed by atoms with Crippen LogP contribution in [0.3, 0.4) is 0 Å². The molecule has 0 saturated carbocycles. The van der Waals surface area contributed by atoms with E-state index in [1.54, 1.807) is 22.6 Å². The van der Waals surface area contributed by atoms with Crippen molar-refractivity contribution in [1.29, 1.82) is 0 Å². The smallest absolute Gasteiger partial charge is 0.235 e. The molecule has 0 fully saturated rings. The van der Waals surface area contributed by atoms with Crippen molar-refractivity contribution in [2.24, 2.45) is 7.05 Å². The van der Waals surface area contributed by atoms with Gasteiger partial charge in [0.2, 0.25) is 5.91 Å². The molecule has 0 radical (unpaired) electrons. The third-order valence-corrected chi connectivity index (χ3v) is 5.37. The number of aromatic nitrogens is 3. The minimum absolute atomic E-state index is 0.0178. The van der Waals surface area contributed by atoms with Crippen molar-refractivity contribution in [3.05, 3.63) is 53.3 Å². The molecule has 1 N–H and O–H groups in total. The van der Waals surface area contributed by atoms with Crippen molar-refractivity contribution >= 4 is 34.4 Å². The lowest BCUT2D eigenvalue weighted by Gasteiger charge is -2.15. The molecule has 0 bridgehead atoms. The van der Waals surface area contributed by atoms with Crippen LogP contribution in [0.2, 0.25) is 0 Å². The second-order valence-electron chi connectivity index (χ2n) is 5.67. The number of rotatable bonds is 1. The monoisotopic (exact) mass is 324 g/mol. The molecule has 0 saturated heterocycles. The number of aryl methyl sites for hydroxylation is 2. The molecular weight excluding hydrogens is 308 g/mol. The number of nitrogens with zero attached hydrogens (tertiary/aromatic N) is 3. The average molecular weight is 324 g/mol. The van der Waals surface area contributed by atoms with Gasteiger partial charge in [0.25, 0.3) is 0 Å². The standard InChI is InChI=1S/C17H16N4OS/c1-10-15-16(23-9-14(22)19-17(15)21(2)20-10)12-5-6-13-11(8-12)4-3-7-18-13/h3-8,16H,9H2,1-2H3,(H,19,22). The number of carbonyl (C=O) groups excluding carboxylic acids is 1. The molecule has 3 aromatic rings. The highest BCUT2D eigenvalue weighted by atomic mass is 32.2. The lowest BCUT2D eigenvalue weighted by molar-refractivity contribution is -0.113. The minimum atomic E-state index is 0.0178. The van der Waals surface area contributed by atoms with Gasteiger partial charge >= 0.3 is 0 Å². The van der Waals surface area contributed by atoms with Crippen LogP contribution in [-0.2, 0) is 11.8 Å². The largest absolute Gasteiger partial charge is 0.310 e. The summed E-state index contributed by atoms with van der Waals surface area (Å²) in [4.78, 5) is 16.4. The average Bonchev–Trinajstić information content (AvgIpc) is 2.72.